The first-order valence-corrected chi connectivity index (χ1v) is 7.70. The molecular weight excluding hydrogens is 272 g/mol. The van der Waals surface area contributed by atoms with Gasteiger partial charge in [-0.15, -0.1) is 0 Å². The van der Waals surface area contributed by atoms with Crippen molar-refractivity contribution in [1.82, 2.24) is 15.1 Å². The second-order valence-electron chi connectivity index (χ2n) is 6.18. The Balaban J connectivity index is 1.66. The van der Waals surface area contributed by atoms with Crippen LogP contribution in [0.4, 0.5) is 8.78 Å². The molecule has 1 N–H and O–H groups in total. The summed E-state index contributed by atoms with van der Waals surface area (Å²) in [6.45, 7) is 9.55. The van der Waals surface area contributed by atoms with Crippen LogP contribution >= 0.6 is 0 Å². The van der Waals surface area contributed by atoms with Crippen LogP contribution in [-0.4, -0.2) is 55.1 Å². The van der Waals surface area contributed by atoms with Crippen LogP contribution in [0, 0.1) is 18.6 Å². The molecule has 2 aliphatic heterocycles. The molecule has 2 saturated heterocycles. The predicted octanol–water partition coefficient (Wildman–Crippen LogP) is 1.92. The lowest BCUT2D eigenvalue weighted by atomic mass is 10.0. The maximum absolute atomic E-state index is 14.1. The molecule has 21 heavy (non-hydrogen) atoms. The van der Waals surface area contributed by atoms with Gasteiger partial charge in [0.15, 0.2) is 0 Å². The number of aryl methyl sites for hydroxylation is 1. The quantitative estimate of drug-likeness (QED) is 0.919. The molecule has 1 aromatic rings. The Morgan fingerprint density at radius 3 is 2.33 bits per heavy atom. The molecule has 2 aliphatic rings. The molecular formula is C16H23F2N3. The first-order valence-electron chi connectivity index (χ1n) is 7.70. The summed E-state index contributed by atoms with van der Waals surface area (Å²) < 4.78 is 27.8. The highest BCUT2D eigenvalue weighted by molar-refractivity contribution is 5.27. The first-order chi connectivity index (χ1) is 10.1. The Morgan fingerprint density at radius 1 is 1.10 bits per heavy atom. The molecule has 1 aromatic carbocycles. The number of benzene rings is 1. The van der Waals surface area contributed by atoms with Crippen LogP contribution in [0.2, 0.25) is 0 Å². The average Bonchev–Trinajstić information content (AvgIpc) is 2.41. The van der Waals surface area contributed by atoms with Crippen LogP contribution in [0.5, 0.6) is 0 Å². The molecule has 3 nitrogen and oxygen atoms in total. The van der Waals surface area contributed by atoms with E-state index in [1.54, 1.807) is 6.92 Å². The summed E-state index contributed by atoms with van der Waals surface area (Å²) in [5.41, 5.74) is 0.836. The van der Waals surface area contributed by atoms with Gasteiger partial charge in [-0.3, -0.25) is 9.80 Å². The van der Waals surface area contributed by atoms with E-state index in [9.17, 15) is 8.78 Å². The summed E-state index contributed by atoms with van der Waals surface area (Å²) in [5, 5.41) is 3.29. The van der Waals surface area contributed by atoms with Gasteiger partial charge in [-0.1, -0.05) is 0 Å². The van der Waals surface area contributed by atoms with Gasteiger partial charge in [0, 0.05) is 56.9 Å². The molecule has 3 rings (SSSR count). The summed E-state index contributed by atoms with van der Waals surface area (Å²) in [5.74, 6) is -0.621. The second-order valence-corrected chi connectivity index (χ2v) is 6.18. The van der Waals surface area contributed by atoms with Crippen molar-refractivity contribution in [2.45, 2.75) is 25.9 Å². The number of hydrogen-bond donors (Lipinski definition) is 1. The van der Waals surface area contributed by atoms with Gasteiger partial charge in [-0.25, -0.2) is 8.78 Å². The van der Waals surface area contributed by atoms with Gasteiger partial charge in [0.1, 0.15) is 11.6 Å². The van der Waals surface area contributed by atoms with E-state index >= 15 is 0 Å². The minimum absolute atomic E-state index is 0.0817. The molecule has 0 bridgehead atoms. The van der Waals surface area contributed by atoms with Gasteiger partial charge in [0.25, 0.3) is 0 Å². The smallest absolute Gasteiger partial charge is 0.128 e. The first kappa shape index (κ1) is 14.9. The van der Waals surface area contributed by atoms with Crippen molar-refractivity contribution in [1.29, 1.82) is 0 Å². The van der Waals surface area contributed by atoms with Crippen LogP contribution in [0.3, 0.4) is 0 Å². The van der Waals surface area contributed by atoms with Crippen LogP contribution < -0.4 is 5.32 Å². The molecule has 0 aliphatic carbocycles. The zero-order valence-electron chi connectivity index (χ0n) is 12.7. The molecule has 1 unspecified atom stereocenters. The van der Waals surface area contributed by atoms with Gasteiger partial charge in [0.2, 0.25) is 0 Å². The van der Waals surface area contributed by atoms with E-state index in [1.807, 2.05) is 6.92 Å². The Hall–Kier alpha value is -1.04. The van der Waals surface area contributed by atoms with Crippen molar-refractivity contribution in [3.63, 3.8) is 0 Å². The fourth-order valence-electron chi connectivity index (χ4n) is 3.20. The maximum Gasteiger partial charge on any atom is 0.128 e. The van der Waals surface area contributed by atoms with Crippen LogP contribution in [0.1, 0.15) is 24.1 Å². The third-order valence-corrected chi connectivity index (χ3v) is 4.90. The van der Waals surface area contributed by atoms with Gasteiger partial charge in [-0.2, -0.15) is 0 Å². The molecule has 0 saturated carbocycles. The Morgan fingerprint density at radius 2 is 1.76 bits per heavy atom. The molecule has 2 fully saturated rings. The van der Waals surface area contributed by atoms with Crippen molar-refractivity contribution in [3.8, 4) is 0 Å². The molecule has 0 aromatic heterocycles. The van der Waals surface area contributed by atoms with Crippen molar-refractivity contribution in [2.24, 2.45) is 0 Å². The van der Waals surface area contributed by atoms with E-state index < -0.39 is 0 Å². The fraction of sp³-hybridized carbons (Fsp3) is 0.625. The van der Waals surface area contributed by atoms with Gasteiger partial charge >= 0.3 is 0 Å². The van der Waals surface area contributed by atoms with E-state index in [1.165, 1.54) is 12.1 Å². The molecule has 0 amide bonds. The number of piperazine rings is 1. The molecule has 116 valence electrons. The van der Waals surface area contributed by atoms with E-state index in [0.717, 1.165) is 39.3 Å². The third kappa shape index (κ3) is 2.96. The minimum atomic E-state index is -0.322. The standard InChI is InChI=1S/C16H23F2N3/c1-11-7-16(18)14(8-15(11)17)12(2)20-3-5-21(6-4-20)13-9-19-10-13/h7-8,12-13,19H,3-6,9-10H2,1-2H3. The highest BCUT2D eigenvalue weighted by atomic mass is 19.1. The molecule has 5 heteroatoms. The van der Waals surface area contributed by atoms with Crippen molar-refractivity contribution < 1.29 is 8.78 Å². The van der Waals surface area contributed by atoms with E-state index in [-0.39, 0.29) is 17.7 Å². The largest absolute Gasteiger partial charge is 0.314 e. The Labute approximate surface area is 124 Å². The van der Waals surface area contributed by atoms with Gasteiger partial charge in [0.05, 0.1) is 0 Å². The Bertz CT molecular complexity index is 508. The van der Waals surface area contributed by atoms with Crippen LogP contribution in [0.25, 0.3) is 0 Å². The molecule has 1 atom stereocenters. The number of nitrogens with zero attached hydrogens (tertiary/aromatic N) is 2. The molecule has 0 spiro atoms. The van der Waals surface area contributed by atoms with E-state index in [0.29, 0.717) is 17.2 Å². The monoisotopic (exact) mass is 295 g/mol. The summed E-state index contributed by atoms with van der Waals surface area (Å²) >= 11 is 0. The Kier molecular flexibility index (Phi) is 4.24. The summed E-state index contributed by atoms with van der Waals surface area (Å²) in [4.78, 5) is 4.74. The number of nitrogens with one attached hydrogen (secondary N) is 1. The summed E-state index contributed by atoms with van der Waals surface area (Å²) in [7, 11) is 0. The minimum Gasteiger partial charge on any atom is -0.314 e. The summed E-state index contributed by atoms with van der Waals surface area (Å²) in [6, 6.07) is 3.24. The van der Waals surface area contributed by atoms with Crippen molar-refractivity contribution >= 4 is 0 Å². The lowest BCUT2D eigenvalue weighted by molar-refractivity contribution is 0.0544. The molecule has 2 heterocycles. The van der Waals surface area contributed by atoms with E-state index in [4.69, 9.17) is 0 Å². The highest BCUT2D eigenvalue weighted by Gasteiger charge is 2.30. The maximum atomic E-state index is 14.1. The van der Waals surface area contributed by atoms with Gasteiger partial charge in [-0.05, 0) is 31.5 Å². The van der Waals surface area contributed by atoms with Crippen LogP contribution in [0.15, 0.2) is 12.1 Å². The summed E-state index contributed by atoms with van der Waals surface area (Å²) in [6.07, 6.45) is 0. The molecule has 0 radical (unpaired) electrons. The van der Waals surface area contributed by atoms with Crippen molar-refractivity contribution in [3.05, 3.63) is 34.9 Å². The fourth-order valence-corrected chi connectivity index (χ4v) is 3.20. The second kappa shape index (κ2) is 5.99. The zero-order chi connectivity index (χ0) is 15.0. The van der Waals surface area contributed by atoms with Gasteiger partial charge < -0.3 is 5.32 Å². The average molecular weight is 295 g/mol. The van der Waals surface area contributed by atoms with E-state index in [2.05, 4.69) is 15.1 Å². The topological polar surface area (TPSA) is 18.5 Å². The number of hydrogen-bond acceptors (Lipinski definition) is 3. The SMILES string of the molecule is Cc1cc(F)c(C(C)N2CCN(C3CNC3)CC2)cc1F. The number of rotatable bonds is 3. The highest BCUT2D eigenvalue weighted by Crippen LogP contribution is 2.26. The lowest BCUT2D eigenvalue weighted by Gasteiger charge is -2.44. The van der Waals surface area contributed by atoms with Crippen molar-refractivity contribution in [2.75, 3.05) is 39.3 Å². The predicted molar refractivity (Wildman–Crippen MR) is 79.3 cm³/mol. The zero-order valence-corrected chi connectivity index (χ0v) is 12.7. The normalized spacial score (nSPS) is 23.0. The van der Waals surface area contributed by atoms with Crippen LogP contribution in [-0.2, 0) is 0 Å². The third-order valence-electron chi connectivity index (χ3n) is 4.90. The number of halogens is 2. The lowest BCUT2D eigenvalue weighted by Crippen LogP contribution is -2.61.